The molecule has 0 bridgehead atoms. The second kappa shape index (κ2) is 3.85. The van der Waals surface area contributed by atoms with Crippen LogP contribution in [0.15, 0.2) is 0 Å². The standard InChI is InChI=1S/C7H15N2/c1-2-9-7-4-3-5-8-6-7/h2,7-9H,3-6H2,1H3/t7-/m1/s1. The van der Waals surface area contributed by atoms with Gasteiger partial charge >= 0.3 is 0 Å². The van der Waals surface area contributed by atoms with E-state index in [0.29, 0.717) is 6.04 Å². The predicted molar refractivity (Wildman–Crippen MR) is 39.0 cm³/mol. The van der Waals surface area contributed by atoms with E-state index >= 15 is 0 Å². The SMILES string of the molecule is C[CH]N[C@@H]1CCCNC1. The number of rotatable bonds is 2. The predicted octanol–water partition coefficient (Wildman–Crippen LogP) is 0.510. The summed E-state index contributed by atoms with van der Waals surface area (Å²) in [5.74, 6) is 0. The van der Waals surface area contributed by atoms with Gasteiger partial charge in [0.05, 0.1) is 0 Å². The van der Waals surface area contributed by atoms with Crippen LogP contribution in [-0.4, -0.2) is 19.1 Å². The van der Waals surface area contributed by atoms with Crippen molar-refractivity contribution in [1.29, 1.82) is 0 Å². The molecule has 0 aromatic carbocycles. The Kier molecular flexibility index (Phi) is 3.01. The van der Waals surface area contributed by atoms with E-state index in [2.05, 4.69) is 10.6 Å². The van der Waals surface area contributed by atoms with Crippen LogP contribution in [0.3, 0.4) is 0 Å². The van der Waals surface area contributed by atoms with Crippen molar-refractivity contribution in [3.05, 3.63) is 6.54 Å². The summed E-state index contributed by atoms with van der Waals surface area (Å²) in [7, 11) is 0. The lowest BCUT2D eigenvalue weighted by molar-refractivity contribution is 0.412. The van der Waals surface area contributed by atoms with E-state index < -0.39 is 0 Å². The van der Waals surface area contributed by atoms with Crippen LogP contribution < -0.4 is 10.6 Å². The monoisotopic (exact) mass is 127 g/mol. The Hall–Kier alpha value is -0.0800. The molecule has 1 atom stereocenters. The number of hydrogen-bond donors (Lipinski definition) is 2. The molecule has 1 fully saturated rings. The molecule has 0 aliphatic carbocycles. The smallest absolute Gasteiger partial charge is 0.0196 e. The zero-order valence-electron chi connectivity index (χ0n) is 5.98. The molecule has 2 N–H and O–H groups in total. The Morgan fingerprint density at radius 2 is 2.56 bits per heavy atom. The summed E-state index contributed by atoms with van der Waals surface area (Å²) in [4.78, 5) is 0. The first-order valence-electron chi connectivity index (χ1n) is 3.68. The normalized spacial score (nSPS) is 28.3. The lowest BCUT2D eigenvalue weighted by Crippen LogP contribution is -2.41. The van der Waals surface area contributed by atoms with E-state index in [1.165, 1.54) is 19.4 Å². The van der Waals surface area contributed by atoms with E-state index in [1.807, 2.05) is 13.5 Å². The van der Waals surface area contributed by atoms with Gasteiger partial charge in [0.15, 0.2) is 0 Å². The number of hydrogen-bond acceptors (Lipinski definition) is 2. The van der Waals surface area contributed by atoms with Crippen LogP contribution in [0, 0.1) is 6.54 Å². The largest absolute Gasteiger partial charge is 0.315 e. The van der Waals surface area contributed by atoms with Crippen LogP contribution in [0.4, 0.5) is 0 Å². The summed E-state index contributed by atoms with van der Waals surface area (Å²) in [6.45, 7) is 6.39. The van der Waals surface area contributed by atoms with Crippen LogP contribution >= 0.6 is 0 Å². The molecule has 0 amide bonds. The van der Waals surface area contributed by atoms with Gasteiger partial charge in [-0.15, -0.1) is 0 Å². The molecule has 0 unspecified atom stereocenters. The van der Waals surface area contributed by atoms with Crippen molar-refractivity contribution in [2.24, 2.45) is 0 Å². The van der Waals surface area contributed by atoms with Crippen molar-refractivity contribution in [3.63, 3.8) is 0 Å². The van der Waals surface area contributed by atoms with Crippen LogP contribution in [0.5, 0.6) is 0 Å². The maximum absolute atomic E-state index is 3.34. The molecule has 0 aromatic heterocycles. The third-order valence-corrected chi connectivity index (χ3v) is 1.70. The van der Waals surface area contributed by atoms with Gasteiger partial charge in [-0.3, -0.25) is 0 Å². The highest BCUT2D eigenvalue weighted by Gasteiger charge is 2.09. The molecular formula is C7H15N2. The molecule has 53 valence electrons. The van der Waals surface area contributed by atoms with Crippen molar-refractivity contribution in [1.82, 2.24) is 10.6 Å². The highest BCUT2D eigenvalue weighted by Crippen LogP contribution is 2.00. The molecule has 2 nitrogen and oxygen atoms in total. The highest BCUT2D eigenvalue weighted by molar-refractivity contribution is 4.76. The number of piperidine rings is 1. The Morgan fingerprint density at radius 3 is 3.11 bits per heavy atom. The first-order valence-corrected chi connectivity index (χ1v) is 3.68. The van der Waals surface area contributed by atoms with Gasteiger partial charge < -0.3 is 10.6 Å². The van der Waals surface area contributed by atoms with E-state index in [0.717, 1.165) is 6.54 Å². The van der Waals surface area contributed by atoms with Crippen molar-refractivity contribution < 1.29 is 0 Å². The quantitative estimate of drug-likeness (QED) is 0.565. The molecule has 0 spiro atoms. The molecule has 1 saturated heterocycles. The molecule has 1 aliphatic rings. The fraction of sp³-hybridized carbons (Fsp3) is 0.857. The minimum Gasteiger partial charge on any atom is -0.315 e. The summed E-state index contributed by atoms with van der Waals surface area (Å²) in [5.41, 5.74) is 0. The van der Waals surface area contributed by atoms with Gasteiger partial charge in [-0.05, 0) is 26.3 Å². The van der Waals surface area contributed by atoms with Crippen molar-refractivity contribution >= 4 is 0 Å². The van der Waals surface area contributed by atoms with Crippen LogP contribution in [0.1, 0.15) is 19.8 Å². The van der Waals surface area contributed by atoms with E-state index in [9.17, 15) is 0 Å². The fourth-order valence-electron chi connectivity index (χ4n) is 1.23. The van der Waals surface area contributed by atoms with Crippen molar-refractivity contribution in [2.45, 2.75) is 25.8 Å². The van der Waals surface area contributed by atoms with E-state index in [4.69, 9.17) is 0 Å². The zero-order valence-corrected chi connectivity index (χ0v) is 5.98. The third-order valence-electron chi connectivity index (χ3n) is 1.70. The summed E-state index contributed by atoms with van der Waals surface area (Å²) in [5, 5.41) is 6.63. The summed E-state index contributed by atoms with van der Waals surface area (Å²) >= 11 is 0. The van der Waals surface area contributed by atoms with E-state index in [-0.39, 0.29) is 0 Å². The van der Waals surface area contributed by atoms with Gasteiger partial charge in [0.25, 0.3) is 0 Å². The fourth-order valence-corrected chi connectivity index (χ4v) is 1.23. The van der Waals surface area contributed by atoms with Crippen molar-refractivity contribution in [3.8, 4) is 0 Å². The molecule has 2 heteroatoms. The molecule has 0 aromatic rings. The minimum absolute atomic E-state index is 0.684. The maximum Gasteiger partial charge on any atom is 0.0196 e. The Labute approximate surface area is 57.0 Å². The average molecular weight is 127 g/mol. The van der Waals surface area contributed by atoms with Crippen LogP contribution in [-0.2, 0) is 0 Å². The number of nitrogens with one attached hydrogen (secondary N) is 2. The first-order chi connectivity index (χ1) is 4.43. The molecule has 1 radical (unpaired) electrons. The van der Waals surface area contributed by atoms with Gasteiger partial charge in [0.1, 0.15) is 0 Å². The minimum atomic E-state index is 0.684. The molecule has 1 aliphatic heterocycles. The third kappa shape index (κ3) is 2.33. The van der Waals surface area contributed by atoms with Crippen molar-refractivity contribution in [2.75, 3.05) is 13.1 Å². The molecule has 9 heavy (non-hydrogen) atoms. The second-order valence-corrected chi connectivity index (χ2v) is 2.50. The summed E-state index contributed by atoms with van der Waals surface area (Å²) in [6.07, 6.45) is 2.63. The first kappa shape index (κ1) is 7.03. The summed E-state index contributed by atoms with van der Waals surface area (Å²) in [6, 6.07) is 0.684. The lowest BCUT2D eigenvalue weighted by Gasteiger charge is -2.22. The topological polar surface area (TPSA) is 24.1 Å². The van der Waals surface area contributed by atoms with Gasteiger partial charge in [0, 0.05) is 19.1 Å². The van der Waals surface area contributed by atoms with Crippen LogP contribution in [0.25, 0.3) is 0 Å². The molecule has 1 rings (SSSR count). The van der Waals surface area contributed by atoms with Gasteiger partial charge in [-0.25, -0.2) is 0 Å². The second-order valence-electron chi connectivity index (χ2n) is 2.50. The highest BCUT2D eigenvalue weighted by atomic mass is 15.0. The zero-order chi connectivity index (χ0) is 6.53. The van der Waals surface area contributed by atoms with Gasteiger partial charge in [-0.2, -0.15) is 0 Å². The maximum atomic E-state index is 3.34. The van der Waals surface area contributed by atoms with Gasteiger partial charge in [0.2, 0.25) is 0 Å². The lowest BCUT2D eigenvalue weighted by atomic mass is 10.1. The Bertz CT molecular complexity index is 64.6. The average Bonchev–Trinajstić information content (AvgIpc) is 1.91. The summed E-state index contributed by atoms with van der Waals surface area (Å²) < 4.78 is 0. The van der Waals surface area contributed by atoms with E-state index in [1.54, 1.807) is 0 Å². The van der Waals surface area contributed by atoms with Crippen LogP contribution in [0.2, 0.25) is 0 Å². The Morgan fingerprint density at radius 1 is 1.67 bits per heavy atom. The molecule has 1 heterocycles. The Balaban J connectivity index is 2.08. The molecular weight excluding hydrogens is 112 g/mol. The van der Waals surface area contributed by atoms with Gasteiger partial charge in [-0.1, -0.05) is 0 Å². The molecule has 0 saturated carbocycles.